The summed E-state index contributed by atoms with van der Waals surface area (Å²) >= 11 is 0. The van der Waals surface area contributed by atoms with Crippen LogP contribution in [-0.4, -0.2) is 24.9 Å². The average molecular weight is 363 g/mol. The zero-order valence-corrected chi connectivity index (χ0v) is 14.4. The second-order valence-electron chi connectivity index (χ2n) is 5.61. The van der Waals surface area contributed by atoms with E-state index in [-0.39, 0.29) is 17.4 Å². The van der Waals surface area contributed by atoms with Gasteiger partial charge in [0.1, 0.15) is 11.4 Å². The summed E-state index contributed by atoms with van der Waals surface area (Å²) in [4.78, 5) is 20.6. The van der Waals surface area contributed by atoms with Gasteiger partial charge < -0.3 is 9.97 Å². The van der Waals surface area contributed by atoms with Crippen LogP contribution in [0.15, 0.2) is 66.7 Å². The van der Waals surface area contributed by atoms with Gasteiger partial charge in [-0.2, -0.15) is 0 Å². The van der Waals surface area contributed by atoms with Crippen LogP contribution in [0.25, 0.3) is 45.1 Å². The predicted molar refractivity (Wildman–Crippen MR) is 94.4 cm³/mol. The smallest absolute Gasteiger partial charge is 0.157 e. The summed E-state index contributed by atoms with van der Waals surface area (Å²) in [5.41, 5.74) is 5.46. The first-order chi connectivity index (χ1) is 11.9. The molecule has 0 spiro atoms. The first-order valence-electron chi connectivity index (χ1n) is 7.74. The number of aromatic amines is 2. The van der Waals surface area contributed by atoms with Gasteiger partial charge in [0.2, 0.25) is 0 Å². The van der Waals surface area contributed by atoms with E-state index in [9.17, 15) is 0 Å². The number of nitrogens with one attached hydrogen (secondary N) is 2. The molecule has 25 heavy (non-hydrogen) atoms. The maximum atomic E-state index is 4.72. The van der Waals surface area contributed by atoms with Gasteiger partial charge >= 0.3 is 0 Å². The van der Waals surface area contributed by atoms with Crippen molar-refractivity contribution in [1.29, 1.82) is 0 Å². The van der Waals surface area contributed by atoms with Crippen LogP contribution in [-0.2, 0) is 17.4 Å². The van der Waals surface area contributed by atoms with Crippen molar-refractivity contribution < 1.29 is 17.4 Å². The van der Waals surface area contributed by atoms with Crippen LogP contribution in [0.2, 0.25) is 0 Å². The second-order valence-corrected chi connectivity index (χ2v) is 5.61. The standard InChI is InChI=1S/C19H13N5.Cr/c1-2-7-13-12(6-1)21-18(22-13)16-10-5-11-17(20-16)19-23-14-8-3-4-9-15(14)24-19;/h1-11H,(H,21,22)(H,23,24);. The number of imidazole rings is 2. The molecule has 0 amide bonds. The molecule has 120 valence electrons. The van der Waals surface area contributed by atoms with E-state index >= 15 is 0 Å². The molecule has 2 aromatic carbocycles. The minimum Gasteiger partial charge on any atom is -0.337 e. The maximum Gasteiger partial charge on any atom is 0.157 e. The fourth-order valence-corrected chi connectivity index (χ4v) is 2.85. The molecular formula is C19H13CrN5. The van der Waals surface area contributed by atoms with Gasteiger partial charge in [-0.1, -0.05) is 30.3 Å². The Hall–Kier alpha value is -2.94. The van der Waals surface area contributed by atoms with E-state index in [0.717, 1.165) is 45.1 Å². The van der Waals surface area contributed by atoms with E-state index in [1.54, 1.807) is 0 Å². The molecule has 5 rings (SSSR count). The van der Waals surface area contributed by atoms with Crippen molar-refractivity contribution in [2.45, 2.75) is 0 Å². The third-order valence-corrected chi connectivity index (χ3v) is 4.01. The number of H-pyrrole nitrogens is 2. The van der Waals surface area contributed by atoms with E-state index in [2.05, 4.69) is 19.9 Å². The molecule has 0 radical (unpaired) electrons. The molecule has 0 aliphatic carbocycles. The molecule has 0 aliphatic heterocycles. The fourth-order valence-electron chi connectivity index (χ4n) is 2.85. The molecule has 0 unspecified atom stereocenters. The molecule has 0 fully saturated rings. The molecule has 3 aromatic heterocycles. The molecule has 3 heterocycles. The Morgan fingerprint density at radius 1 is 0.520 bits per heavy atom. The first kappa shape index (κ1) is 15.6. The van der Waals surface area contributed by atoms with Crippen molar-refractivity contribution in [3.05, 3.63) is 66.7 Å². The van der Waals surface area contributed by atoms with Gasteiger partial charge in [-0.05, 0) is 36.4 Å². The summed E-state index contributed by atoms with van der Waals surface area (Å²) in [6.45, 7) is 0. The van der Waals surface area contributed by atoms with Gasteiger partial charge in [-0.15, -0.1) is 0 Å². The summed E-state index contributed by atoms with van der Waals surface area (Å²) in [5.74, 6) is 1.52. The third-order valence-electron chi connectivity index (χ3n) is 4.01. The number of rotatable bonds is 2. The fraction of sp³-hybridized carbons (Fsp3) is 0. The van der Waals surface area contributed by atoms with Crippen molar-refractivity contribution in [1.82, 2.24) is 24.9 Å². The van der Waals surface area contributed by atoms with Gasteiger partial charge in [-0.3, -0.25) is 0 Å². The van der Waals surface area contributed by atoms with E-state index < -0.39 is 0 Å². The topological polar surface area (TPSA) is 70.2 Å². The second kappa shape index (κ2) is 6.17. The average Bonchev–Trinajstić information content (AvgIpc) is 3.26. The Morgan fingerprint density at radius 3 is 1.48 bits per heavy atom. The third kappa shape index (κ3) is 2.72. The van der Waals surface area contributed by atoms with Crippen LogP contribution >= 0.6 is 0 Å². The Balaban J connectivity index is 0.00000157. The molecule has 5 aromatic rings. The number of hydrogen-bond acceptors (Lipinski definition) is 3. The maximum absolute atomic E-state index is 4.72. The molecule has 0 bridgehead atoms. The number of fused-ring (bicyclic) bond motifs is 2. The summed E-state index contributed by atoms with van der Waals surface area (Å²) in [5, 5.41) is 0. The molecule has 0 atom stereocenters. The van der Waals surface area contributed by atoms with E-state index in [1.807, 2.05) is 66.7 Å². The number of benzene rings is 2. The molecule has 5 nitrogen and oxygen atoms in total. The summed E-state index contributed by atoms with van der Waals surface area (Å²) in [6.07, 6.45) is 0. The predicted octanol–water partition coefficient (Wildman–Crippen LogP) is 4.17. The van der Waals surface area contributed by atoms with Crippen molar-refractivity contribution in [3.63, 3.8) is 0 Å². The SMILES string of the molecule is [Cr].c1cc(-c2nc3ccccc3[nH]2)nc(-c2nc3ccccc3[nH]2)c1. The molecule has 2 N–H and O–H groups in total. The van der Waals surface area contributed by atoms with Crippen molar-refractivity contribution in [2.24, 2.45) is 0 Å². The monoisotopic (exact) mass is 363 g/mol. The minimum atomic E-state index is 0. The summed E-state index contributed by atoms with van der Waals surface area (Å²) in [7, 11) is 0. The van der Waals surface area contributed by atoms with E-state index in [4.69, 9.17) is 4.98 Å². The van der Waals surface area contributed by atoms with Crippen LogP contribution in [0.1, 0.15) is 0 Å². The van der Waals surface area contributed by atoms with Crippen molar-refractivity contribution in [2.75, 3.05) is 0 Å². The number of aromatic nitrogens is 5. The van der Waals surface area contributed by atoms with Crippen LogP contribution in [0, 0.1) is 0 Å². The zero-order chi connectivity index (χ0) is 15.9. The van der Waals surface area contributed by atoms with Crippen LogP contribution in [0.3, 0.4) is 0 Å². The summed E-state index contributed by atoms with van der Waals surface area (Å²) in [6, 6.07) is 21.8. The number of hydrogen-bond donors (Lipinski definition) is 2. The van der Waals surface area contributed by atoms with E-state index in [1.165, 1.54) is 0 Å². The number of pyridine rings is 1. The first-order valence-corrected chi connectivity index (χ1v) is 7.74. The zero-order valence-electron chi connectivity index (χ0n) is 13.1. The summed E-state index contributed by atoms with van der Waals surface area (Å²) < 4.78 is 0. The van der Waals surface area contributed by atoms with Crippen molar-refractivity contribution in [3.8, 4) is 23.0 Å². The minimum absolute atomic E-state index is 0. The Morgan fingerprint density at radius 2 is 1.00 bits per heavy atom. The molecule has 0 saturated heterocycles. The van der Waals surface area contributed by atoms with E-state index in [0.29, 0.717) is 0 Å². The Bertz CT molecular complexity index is 1020. The van der Waals surface area contributed by atoms with Crippen molar-refractivity contribution >= 4 is 22.1 Å². The normalized spacial score (nSPS) is 10.9. The van der Waals surface area contributed by atoms with Gasteiger partial charge in [-0.25, -0.2) is 15.0 Å². The quantitative estimate of drug-likeness (QED) is 0.495. The van der Waals surface area contributed by atoms with Gasteiger partial charge in [0.05, 0.1) is 22.1 Å². The van der Waals surface area contributed by atoms with Gasteiger partial charge in [0.25, 0.3) is 0 Å². The molecule has 0 saturated carbocycles. The van der Waals surface area contributed by atoms with Crippen LogP contribution < -0.4 is 0 Å². The van der Waals surface area contributed by atoms with Gasteiger partial charge in [0.15, 0.2) is 11.6 Å². The van der Waals surface area contributed by atoms with Gasteiger partial charge in [0, 0.05) is 17.4 Å². The van der Waals surface area contributed by atoms with Crippen LogP contribution in [0.5, 0.6) is 0 Å². The molecule has 6 heteroatoms. The van der Waals surface area contributed by atoms with Crippen LogP contribution in [0.4, 0.5) is 0 Å². The number of nitrogens with zero attached hydrogens (tertiary/aromatic N) is 3. The largest absolute Gasteiger partial charge is 0.337 e. The Kier molecular flexibility index (Phi) is 3.85. The molecule has 0 aliphatic rings. The number of para-hydroxylation sites is 4. The molecular weight excluding hydrogens is 350 g/mol. The Labute approximate surface area is 154 Å².